The highest BCUT2D eigenvalue weighted by Gasteiger charge is 2.12. The van der Waals surface area contributed by atoms with Crippen molar-refractivity contribution in [3.63, 3.8) is 0 Å². The van der Waals surface area contributed by atoms with E-state index in [9.17, 15) is 0 Å². The molecule has 0 spiro atoms. The highest BCUT2D eigenvalue weighted by Crippen LogP contribution is 2.25. The summed E-state index contributed by atoms with van der Waals surface area (Å²) in [7, 11) is 0. The van der Waals surface area contributed by atoms with Gasteiger partial charge in [-0.05, 0) is 30.0 Å². The average molecular weight is 286 g/mol. The molecule has 0 N–H and O–H groups in total. The topological polar surface area (TPSA) is 9.23 Å². The molecule has 2 atom stereocenters. The van der Waals surface area contributed by atoms with Gasteiger partial charge in [0.1, 0.15) is 5.75 Å². The molecule has 1 aromatic rings. The number of ether oxygens (including phenoxy) is 1. The molecule has 1 heteroatoms. The summed E-state index contributed by atoms with van der Waals surface area (Å²) in [5.74, 6) is 8.33. The number of rotatable bonds is 8. The third-order valence-corrected chi connectivity index (χ3v) is 3.93. The van der Waals surface area contributed by atoms with Gasteiger partial charge in [-0.25, -0.2) is 0 Å². The summed E-state index contributed by atoms with van der Waals surface area (Å²) >= 11 is 0. The van der Waals surface area contributed by atoms with Crippen molar-refractivity contribution in [2.45, 2.75) is 65.7 Å². The number of benzene rings is 1. The lowest BCUT2D eigenvalue weighted by molar-refractivity contribution is 0.305. The molecule has 1 nitrogen and oxygen atoms in total. The molecule has 0 radical (unpaired) electrons. The third kappa shape index (κ3) is 6.71. The van der Waals surface area contributed by atoms with Crippen molar-refractivity contribution in [1.82, 2.24) is 0 Å². The monoisotopic (exact) mass is 286 g/mol. The summed E-state index contributed by atoms with van der Waals surface area (Å²) in [5, 5.41) is 0. The summed E-state index contributed by atoms with van der Waals surface area (Å²) in [6.45, 7) is 9.60. The molecule has 1 rings (SSSR count). The smallest absolute Gasteiger partial charge is 0.119 e. The molecule has 0 bridgehead atoms. The van der Waals surface area contributed by atoms with Crippen LogP contribution in [0.4, 0.5) is 0 Å². The van der Waals surface area contributed by atoms with Crippen molar-refractivity contribution >= 4 is 0 Å². The zero-order chi connectivity index (χ0) is 15.5. The largest absolute Gasteiger partial charge is 0.494 e. The van der Waals surface area contributed by atoms with Crippen molar-refractivity contribution in [1.29, 1.82) is 0 Å². The van der Waals surface area contributed by atoms with Gasteiger partial charge in [-0.15, -0.1) is 5.92 Å². The fourth-order valence-electron chi connectivity index (χ4n) is 2.26. The first-order chi connectivity index (χ1) is 10.2. The fourth-order valence-corrected chi connectivity index (χ4v) is 2.26. The lowest BCUT2D eigenvalue weighted by Gasteiger charge is -2.16. The second-order valence-electron chi connectivity index (χ2n) is 5.73. The van der Waals surface area contributed by atoms with E-state index >= 15 is 0 Å². The van der Waals surface area contributed by atoms with Gasteiger partial charge in [0, 0.05) is 12.3 Å². The first-order valence-electron chi connectivity index (χ1n) is 8.40. The predicted octanol–water partition coefficient (Wildman–Crippen LogP) is 5.80. The Kier molecular flexibility index (Phi) is 8.67. The van der Waals surface area contributed by atoms with Crippen molar-refractivity contribution < 1.29 is 4.74 Å². The molecule has 0 heterocycles. The Balaban J connectivity index is 2.45. The first-order valence-corrected chi connectivity index (χ1v) is 8.40. The van der Waals surface area contributed by atoms with Gasteiger partial charge in [-0.2, -0.15) is 0 Å². The molecule has 0 aliphatic heterocycles. The highest BCUT2D eigenvalue weighted by molar-refractivity contribution is 5.30. The molecule has 0 saturated carbocycles. The fraction of sp³-hybridized carbons (Fsp3) is 0.600. The van der Waals surface area contributed by atoms with E-state index in [1.165, 1.54) is 24.8 Å². The van der Waals surface area contributed by atoms with Crippen LogP contribution in [0.3, 0.4) is 0 Å². The van der Waals surface area contributed by atoms with Crippen LogP contribution in [-0.4, -0.2) is 6.61 Å². The van der Waals surface area contributed by atoms with E-state index in [-0.39, 0.29) is 0 Å². The van der Waals surface area contributed by atoms with Crippen LogP contribution < -0.4 is 4.74 Å². The zero-order valence-corrected chi connectivity index (χ0v) is 14.1. The Morgan fingerprint density at radius 3 is 2.33 bits per heavy atom. The van der Waals surface area contributed by atoms with Gasteiger partial charge in [-0.3, -0.25) is 0 Å². The van der Waals surface area contributed by atoms with Gasteiger partial charge >= 0.3 is 0 Å². The molecular weight excluding hydrogens is 256 g/mol. The molecule has 2 unspecified atom stereocenters. The lowest BCUT2D eigenvalue weighted by atomic mass is 9.89. The van der Waals surface area contributed by atoms with Crippen molar-refractivity contribution in [2.24, 2.45) is 5.92 Å². The minimum Gasteiger partial charge on any atom is -0.494 e. The van der Waals surface area contributed by atoms with Crippen LogP contribution in [0.1, 0.15) is 71.3 Å². The normalized spacial score (nSPS) is 13.1. The van der Waals surface area contributed by atoms with Gasteiger partial charge in [0.05, 0.1) is 6.61 Å². The molecule has 116 valence electrons. The minimum atomic E-state index is 0.394. The number of hydrogen-bond acceptors (Lipinski definition) is 1. The van der Waals surface area contributed by atoms with Crippen molar-refractivity contribution in [3.05, 3.63) is 29.8 Å². The predicted molar refractivity (Wildman–Crippen MR) is 91.7 cm³/mol. The molecule has 0 aromatic heterocycles. The van der Waals surface area contributed by atoms with E-state index in [1.54, 1.807) is 0 Å². The SMILES string of the molecule is CCC#CC(C)C(C)c1ccc(OCCCCCC)cc1. The van der Waals surface area contributed by atoms with Gasteiger partial charge < -0.3 is 4.74 Å². The van der Waals surface area contributed by atoms with Gasteiger partial charge in [0.25, 0.3) is 0 Å². The van der Waals surface area contributed by atoms with E-state index in [1.807, 2.05) is 0 Å². The number of hydrogen-bond donors (Lipinski definition) is 0. The van der Waals surface area contributed by atoms with Crippen LogP contribution in [0.2, 0.25) is 0 Å². The maximum absolute atomic E-state index is 5.78. The van der Waals surface area contributed by atoms with Gasteiger partial charge in [-0.1, -0.05) is 65.0 Å². The minimum absolute atomic E-state index is 0.394. The van der Waals surface area contributed by atoms with Crippen LogP contribution in [0.25, 0.3) is 0 Å². The average Bonchev–Trinajstić information content (AvgIpc) is 2.52. The standard InChI is InChI=1S/C20H30O/c1-5-7-9-10-16-21-20-14-12-19(13-15-20)18(4)17(3)11-8-6-2/h12-15,17-18H,5-7,9-10,16H2,1-4H3. The van der Waals surface area contributed by atoms with Gasteiger partial charge in [0.15, 0.2) is 0 Å². The van der Waals surface area contributed by atoms with E-state index in [0.29, 0.717) is 11.8 Å². The molecule has 0 aliphatic carbocycles. The summed E-state index contributed by atoms with van der Waals surface area (Å²) < 4.78 is 5.78. The molecule has 0 saturated heterocycles. The van der Waals surface area contributed by atoms with Crippen molar-refractivity contribution in [2.75, 3.05) is 6.61 Å². The molecular formula is C20H30O. The molecule has 21 heavy (non-hydrogen) atoms. The van der Waals surface area contributed by atoms with Crippen LogP contribution in [-0.2, 0) is 0 Å². The molecule has 0 fully saturated rings. The molecule has 0 aliphatic rings. The van der Waals surface area contributed by atoms with Crippen LogP contribution >= 0.6 is 0 Å². The van der Waals surface area contributed by atoms with Crippen LogP contribution in [0.15, 0.2) is 24.3 Å². The van der Waals surface area contributed by atoms with E-state index in [4.69, 9.17) is 4.74 Å². The zero-order valence-electron chi connectivity index (χ0n) is 14.1. The highest BCUT2D eigenvalue weighted by atomic mass is 16.5. The maximum atomic E-state index is 5.78. The van der Waals surface area contributed by atoms with Crippen molar-refractivity contribution in [3.8, 4) is 17.6 Å². The van der Waals surface area contributed by atoms with E-state index in [2.05, 4.69) is 63.8 Å². The van der Waals surface area contributed by atoms with Crippen LogP contribution in [0, 0.1) is 17.8 Å². The van der Waals surface area contributed by atoms with Gasteiger partial charge in [0.2, 0.25) is 0 Å². The maximum Gasteiger partial charge on any atom is 0.119 e. The molecule has 1 aromatic carbocycles. The Bertz CT molecular complexity index is 435. The second kappa shape index (κ2) is 10.3. The number of unbranched alkanes of at least 4 members (excludes halogenated alkanes) is 3. The first kappa shape index (κ1) is 17.6. The Hall–Kier alpha value is -1.42. The Morgan fingerprint density at radius 2 is 1.71 bits per heavy atom. The second-order valence-corrected chi connectivity index (χ2v) is 5.73. The summed E-state index contributed by atoms with van der Waals surface area (Å²) in [5.41, 5.74) is 1.34. The lowest BCUT2D eigenvalue weighted by Crippen LogP contribution is -2.04. The summed E-state index contributed by atoms with van der Waals surface area (Å²) in [6, 6.07) is 8.53. The van der Waals surface area contributed by atoms with Crippen LogP contribution in [0.5, 0.6) is 5.75 Å². The quantitative estimate of drug-likeness (QED) is 0.433. The summed E-state index contributed by atoms with van der Waals surface area (Å²) in [4.78, 5) is 0. The third-order valence-electron chi connectivity index (χ3n) is 3.93. The Labute approximate surface area is 131 Å². The summed E-state index contributed by atoms with van der Waals surface area (Å²) in [6.07, 6.45) is 5.92. The van der Waals surface area contributed by atoms with E-state index in [0.717, 1.165) is 25.2 Å². The Morgan fingerprint density at radius 1 is 1.00 bits per heavy atom. The molecule has 0 amide bonds. The van der Waals surface area contributed by atoms with E-state index < -0.39 is 0 Å².